The number of hydrogen-bond donors (Lipinski definition) is 2. The van der Waals surface area contributed by atoms with Crippen molar-refractivity contribution in [2.45, 2.75) is 45.3 Å². The molecule has 40 heavy (non-hydrogen) atoms. The number of rotatable bonds is 8. The maximum absolute atomic E-state index is 13.5. The van der Waals surface area contributed by atoms with E-state index in [0.29, 0.717) is 24.4 Å². The Morgan fingerprint density at radius 3 is 2.50 bits per heavy atom. The third kappa shape index (κ3) is 5.98. The van der Waals surface area contributed by atoms with Crippen LogP contribution in [0.5, 0.6) is 0 Å². The number of benzene rings is 3. The highest BCUT2D eigenvalue weighted by Crippen LogP contribution is 2.33. The Kier molecular flexibility index (Phi) is 7.82. The van der Waals surface area contributed by atoms with Crippen molar-refractivity contribution >= 4 is 29.6 Å². The fourth-order valence-corrected chi connectivity index (χ4v) is 5.25. The standard InChI is InChI=1S/C31H31N3O6/c1-19(2)28(29(36)32-26-10-6-9-23-15-24(16-25(23)26)40-31(37)38)21-13-11-20(12-14-21)17-34-27(35)18-39-30(33-34)22-7-4-3-5-8-22/h3-14,19,24,28H,15-18H2,1-2H3,(H,32,36)(H,37,38). The second kappa shape index (κ2) is 11.6. The average Bonchev–Trinajstić information content (AvgIpc) is 3.34. The van der Waals surface area contributed by atoms with E-state index in [1.165, 1.54) is 5.01 Å². The van der Waals surface area contributed by atoms with E-state index in [9.17, 15) is 14.4 Å². The number of nitrogens with zero attached hydrogens (tertiary/aromatic N) is 2. The van der Waals surface area contributed by atoms with E-state index in [0.717, 1.165) is 27.8 Å². The quantitative estimate of drug-likeness (QED) is 0.390. The van der Waals surface area contributed by atoms with Crippen LogP contribution in [-0.2, 0) is 38.4 Å². The van der Waals surface area contributed by atoms with Crippen molar-refractivity contribution in [3.8, 4) is 0 Å². The van der Waals surface area contributed by atoms with Gasteiger partial charge in [-0.3, -0.25) is 9.59 Å². The van der Waals surface area contributed by atoms with Gasteiger partial charge in [0.15, 0.2) is 6.61 Å². The lowest BCUT2D eigenvalue weighted by Crippen LogP contribution is -2.36. The lowest BCUT2D eigenvalue weighted by atomic mass is 9.87. The van der Waals surface area contributed by atoms with E-state index < -0.39 is 18.2 Å². The number of fused-ring (bicyclic) bond motifs is 1. The molecule has 206 valence electrons. The van der Waals surface area contributed by atoms with E-state index >= 15 is 0 Å². The molecule has 0 fully saturated rings. The maximum Gasteiger partial charge on any atom is 0.506 e. The van der Waals surface area contributed by atoms with Gasteiger partial charge in [-0.2, -0.15) is 0 Å². The topological polar surface area (TPSA) is 118 Å². The second-order valence-corrected chi connectivity index (χ2v) is 10.3. The van der Waals surface area contributed by atoms with E-state index in [2.05, 4.69) is 10.4 Å². The van der Waals surface area contributed by atoms with Gasteiger partial charge in [-0.25, -0.2) is 9.80 Å². The second-order valence-electron chi connectivity index (χ2n) is 10.3. The molecule has 0 aromatic heterocycles. The molecule has 0 bridgehead atoms. The Morgan fingerprint density at radius 1 is 1.05 bits per heavy atom. The molecule has 0 spiro atoms. The Bertz CT molecular complexity index is 1440. The smallest absolute Gasteiger partial charge is 0.466 e. The molecule has 2 amide bonds. The van der Waals surface area contributed by atoms with E-state index in [1.807, 2.05) is 86.6 Å². The van der Waals surface area contributed by atoms with Crippen LogP contribution in [0.3, 0.4) is 0 Å². The Morgan fingerprint density at radius 2 is 1.80 bits per heavy atom. The highest BCUT2D eigenvalue weighted by molar-refractivity contribution is 5.98. The molecule has 2 unspecified atom stereocenters. The molecule has 5 rings (SSSR count). The Hall–Kier alpha value is -4.66. The summed E-state index contributed by atoms with van der Waals surface area (Å²) in [6.07, 6.45) is -0.838. The van der Waals surface area contributed by atoms with Crippen molar-refractivity contribution in [3.63, 3.8) is 0 Å². The minimum atomic E-state index is -1.30. The van der Waals surface area contributed by atoms with Gasteiger partial charge in [-0.1, -0.05) is 68.4 Å². The molecule has 2 N–H and O–H groups in total. The maximum atomic E-state index is 13.5. The van der Waals surface area contributed by atoms with Gasteiger partial charge in [-0.05, 0) is 46.4 Å². The molecule has 9 heteroatoms. The van der Waals surface area contributed by atoms with Crippen LogP contribution in [0.15, 0.2) is 77.9 Å². The molecule has 0 saturated heterocycles. The van der Waals surface area contributed by atoms with E-state index in [1.54, 1.807) is 0 Å². The van der Waals surface area contributed by atoms with Crippen LogP contribution in [-0.4, -0.2) is 46.7 Å². The first kappa shape index (κ1) is 26.9. The number of hydrazone groups is 1. The van der Waals surface area contributed by atoms with Gasteiger partial charge < -0.3 is 19.9 Å². The number of nitrogens with one attached hydrogen (secondary N) is 1. The van der Waals surface area contributed by atoms with Gasteiger partial charge >= 0.3 is 6.16 Å². The summed E-state index contributed by atoms with van der Waals surface area (Å²) in [5, 5.41) is 17.9. The van der Waals surface area contributed by atoms with Gasteiger partial charge in [-0.15, -0.1) is 5.10 Å². The number of carboxylic acid groups (broad SMARTS) is 1. The van der Waals surface area contributed by atoms with Crippen molar-refractivity contribution in [2.24, 2.45) is 11.0 Å². The first-order valence-electron chi connectivity index (χ1n) is 13.3. The van der Waals surface area contributed by atoms with E-state index in [4.69, 9.17) is 14.6 Å². The fourth-order valence-electron chi connectivity index (χ4n) is 5.25. The summed E-state index contributed by atoms with van der Waals surface area (Å²) in [6, 6.07) is 22.7. The molecule has 1 heterocycles. The third-order valence-corrected chi connectivity index (χ3v) is 7.15. The van der Waals surface area contributed by atoms with Crippen molar-refractivity contribution in [1.82, 2.24) is 5.01 Å². The molecular formula is C31H31N3O6. The highest BCUT2D eigenvalue weighted by Gasteiger charge is 2.30. The number of amides is 2. The van der Waals surface area contributed by atoms with Crippen LogP contribution >= 0.6 is 0 Å². The summed E-state index contributed by atoms with van der Waals surface area (Å²) in [7, 11) is 0. The number of carbonyl (C=O) groups is 3. The van der Waals surface area contributed by atoms with Gasteiger partial charge in [0.2, 0.25) is 11.8 Å². The first-order chi connectivity index (χ1) is 19.3. The SMILES string of the molecule is CC(C)C(C(=O)Nc1cccc2c1CC(OC(=O)O)C2)c1ccc(CN2N=C(c3ccccc3)OCC2=O)cc1. The summed E-state index contributed by atoms with van der Waals surface area (Å²) in [5.74, 6) is -0.356. The van der Waals surface area contributed by atoms with Crippen LogP contribution in [0.1, 0.15) is 47.6 Å². The van der Waals surface area contributed by atoms with Crippen molar-refractivity contribution in [1.29, 1.82) is 0 Å². The minimum absolute atomic E-state index is 0.0181. The predicted octanol–water partition coefficient (Wildman–Crippen LogP) is 4.95. The molecule has 1 aliphatic heterocycles. The lowest BCUT2D eigenvalue weighted by molar-refractivity contribution is -0.136. The zero-order chi connectivity index (χ0) is 28.2. The summed E-state index contributed by atoms with van der Waals surface area (Å²) in [6.45, 7) is 4.20. The van der Waals surface area contributed by atoms with Crippen molar-refractivity contribution < 1.29 is 29.0 Å². The van der Waals surface area contributed by atoms with Gasteiger partial charge in [0.05, 0.1) is 12.5 Å². The monoisotopic (exact) mass is 541 g/mol. The third-order valence-electron chi connectivity index (χ3n) is 7.15. The predicted molar refractivity (Wildman–Crippen MR) is 149 cm³/mol. The van der Waals surface area contributed by atoms with Crippen LogP contribution in [0.4, 0.5) is 10.5 Å². The zero-order valence-corrected chi connectivity index (χ0v) is 22.4. The van der Waals surface area contributed by atoms with Gasteiger partial charge in [0.25, 0.3) is 5.91 Å². The molecule has 0 radical (unpaired) electrons. The molecule has 2 aliphatic rings. The fraction of sp³-hybridized carbons (Fsp3) is 0.290. The molecule has 3 aromatic carbocycles. The van der Waals surface area contributed by atoms with Gasteiger partial charge in [0, 0.05) is 24.1 Å². The summed E-state index contributed by atoms with van der Waals surface area (Å²) in [5.41, 5.74) is 5.10. The summed E-state index contributed by atoms with van der Waals surface area (Å²) < 4.78 is 10.5. The molecule has 2 atom stereocenters. The normalized spacial score (nSPS) is 17.1. The number of anilines is 1. The average molecular weight is 542 g/mol. The summed E-state index contributed by atoms with van der Waals surface area (Å²) >= 11 is 0. The van der Waals surface area contributed by atoms with Crippen molar-refractivity contribution in [2.75, 3.05) is 11.9 Å². The largest absolute Gasteiger partial charge is 0.506 e. The minimum Gasteiger partial charge on any atom is -0.466 e. The molecule has 3 aromatic rings. The molecule has 1 aliphatic carbocycles. The number of hydrogen-bond acceptors (Lipinski definition) is 6. The van der Waals surface area contributed by atoms with Crippen LogP contribution in [0, 0.1) is 5.92 Å². The number of carbonyl (C=O) groups excluding carboxylic acids is 2. The first-order valence-corrected chi connectivity index (χ1v) is 13.3. The van der Waals surface area contributed by atoms with Crippen LogP contribution in [0.2, 0.25) is 0 Å². The Labute approximate surface area is 232 Å². The van der Waals surface area contributed by atoms with Crippen molar-refractivity contribution in [3.05, 3.63) is 101 Å². The molecule has 9 nitrogen and oxygen atoms in total. The number of ether oxygens (including phenoxy) is 2. The summed E-state index contributed by atoms with van der Waals surface area (Å²) in [4.78, 5) is 37.0. The van der Waals surface area contributed by atoms with Crippen LogP contribution < -0.4 is 5.32 Å². The van der Waals surface area contributed by atoms with Crippen LogP contribution in [0.25, 0.3) is 0 Å². The van der Waals surface area contributed by atoms with E-state index in [-0.39, 0.29) is 30.9 Å². The van der Waals surface area contributed by atoms with Gasteiger partial charge in [0.1, 0.15) is 6.10 Å². The lowest BCUT2D eigenvalue weighted by Gasteiger charge is -2.24. The zero-order valence-electron chi connectivity index (χ0n) is 22.4. The molecular weight excluding hydrogens is 510 g/mol. The Balaban J connectivity index is 1.29. The highest BCUT2D eigenvalue weighted by atomic mass is 16.7. The molecule has 0 saturated carbocycles.